The van der Waals surface area contributed by atoms with E-state index in [0.29, 0.717) is 11.4 Å². The Morgan fingerprint density at radius 1 is 1.22 bits per heavy atom. The summed E-state index contributed by atoms with van der Waals surface area (Å²) in [5.74, 6) is 6.93. The van der Waals surface area contributed by atoms with Gasteiger partial charge >= 0.3 is 0 Å². The molecule has 118 valence electrons. The van der Waals surface area contributed by atoms with Crippen LogP contribution in [0.25, 0.3) is 6.08 Å². The smallest absolute Gasteiger partial charge is 0.195 e. The lowest BCUT2D eigenvalue weighted by Crippen LogP contribution is -2.10. The molecule has 2 rings (SSSR count). The highest BCUT2D eigenvalue weighted by Crippen LogP contribution is 2.17. The molecule has 2 aromatic rings. The number of hydrogen-bond acceptors (Lipinski definition) is 4. The van der Waals surface area contributed by atoms with Crippen LogP contribution in [0.15, 0.2) is 42.5 Å². The highest BCUT2D eigenvalue weighted by molar-refractivity contribution is 7.14. The molecule has 23 heavy (non-hydrogen) atoms. The number of ketones is 1. The Bertz CT molecular complexity index is 746. The molecular weight excluding hydrogens is 306 g/mol. The zero-order valence-electron chi connectivity index (χ0n) is 13.5. The lowest BCUT2D eigenvalue weighted by molar-refractivity contribution is 0.105. The van der Waals surface area contributed by atoms with Crippen LogP contribution in [0.1, 0.15) is 20.1 Å². The van der Waals surface area contributed by atoms with E-state index in [1.54, 1.807) is 19.3 Å². The van der Waals surface area contributed by atoms with Crippen LogP contribution < -0.4 is 4.74 Å². The fourth-order valence-electron chi connectivity index (χ4n) is 1.79. The van der Waals surface area contributed by atoms with Gasteiger partial charge in [-0.25, -0.2) is 0 Å². The minimum atomic E-state index is -0.00789. The zero-order valence-corrected chi connectivity index (χ0v) is 14.3. The van der Waals surface area contributed by atoms with E-state index in [2.05, 4.69) is 11.8 Å². The maximum atomic E-state index is 12.2. The lowest BCUT2D eigenvalue weighted by atomic mass is 10.2. The largest absolute Gasteiger partial charge is 0.497 e. The number of carbonyl (C=O) groups is 1. The molecule has 0 unspecified atom stereocenters. The number of benzene rings is 1. The van der Waals surface area contributed by atoms with Gasteiger partial charge < -0.3 is 4.74 Å². The van der Waals surface area contributed by atoms with E-state index in [-0.39, 0.29) is 5.78 Å². The van der Waals surface area contributed by atoms with Crippen LogP contribution in [0.2, 0.25) is 0 Å². The van der Waals surface area contributed by atoms with Gasteiger partial charge in [-0.05, 0) is 50.0 Å². The summed E-state index contributed by atoms with van der Waals surface area (Å²) in [5.41, 5.74) is 0.960. The van der Waals surface area contributed by atoms with E-state index in [0.717, 1.165) is 16.2 Å². The molecule has 0 aliphatic carbocycles. The molecule has 0 saturated heterocycles. The normalized spacial score (nSPS) is 10.6. The number of rotatable bonds is 5. The highest BCUT2D eigenvalue weighted by Gasteiger charge is 2.05. The molecule has 0 radical (unpaired) electrons. The van der Waals surface area contributed by atoms with Crippen LogP contribution in [0.5, 0.6) is 5.75 Å². The van der Waals surface area contributed by atoms with Crippen molar-refractivity contribution in [3.63, 3.8) is 0 Å². The van der Waals surface area contributed by atoms with Crippen molar-refractivity contribution in [2.75, 3.05) is 27.7 Å². The summed E-state index contributed by atoms with van der Waals surface area (Å²) in [4.78, 5) is 15.8. The second-order valence-corrected chi connectivity index (χ2v) is 6.26. The van der Waals surface area contributed by atoms with Gasteiger partial charge in [-0.1, -0.05) is 30.0 Å². The predicted molar refractivity (Wildman–Crippen MR) is 96.1 cm³/mol. The molecule has 0 bridgehead atoms. The quantitative estimate of drug-likeness (QED) is 0.478. The molecule has 4 heteroatoms. The molecule has 0 fully saturated rings. The minimum Gasteiger partial charge on any atom is -0.497 e. The molecular formula is C19H19NO2S. The summed E-state index contributed by atoms with van der Waals surface area (Å²) in [6.45, 7) is 0.707. The Hall–Kier alpha value is -2.35. The molecule has 0 aliphatic heterocycles. The van der Waals surface area contributed by atoms with Gasteiger partial charge in [0.2, 0.25) is 0 Å². The minimum absolute atomic E-state index is 0.00789. The third-order valence-corrected chi connectivity index (χ3v) is 4.01. The number of methoxy groups -OCH3 is 1. The third-order valence-electron chi connectivity index (χ3n) is 3.00. The first-order valence-electron chi connectivity index (χ1n) is 7.18. The molecule has 1 heterocycles. The van der Waals surface area contributed by atoms with E-state index in [1.807, 2.05) is 55.4 Å². The number of ether oxygens (including phenoxy) is 1. The second kappa shape index (κ2) is 8.33. The Morgan fingerprint density at radius 3 is 2.61 bits per heavy atom. The van der Waals surface area contributed by atoms with Crippen molar-refractivity contribution in [2.45, 2.75) is 0 Å². The summed E-state index contributed by atoms with van der Waals surface area (Å²) < 4.78 is 5.11. The summed E-state index contributed by atoms with van der Waals surface area (Å²) in [6, 6.07) is 11.3. The van der Waals surface area contributed by atoms with Crippen molar-refractivity contribution >= 4 is 23.2 Å². The van der Waals surface area contributed by atoms with Crippen molar-refractivity contribution in [3.05, 3.63) is 57.8 Å². The SMILES string of the molecule is COc1ccc(/C=C/C(=O)c2ccc(C#CCN(C)C)s2)cc1. The Morgan fingerprint density at radius 2 is 1.96 bits per heavy atom. The average molecular weight is 325 g/mol. The lowest BCUT2D eigenvalue weighted by Gasteiger charge is -2.00. The first kappa shape index (κ1) is 17.0. The summed E-state index contributed by atoms with van der Waals surface area (Å²) in [7, 11) is 5.58. The summed E-state index contributed by atoms with van der Waals surface area (Å²) >= 11 is 1.42. The van der Waals surface area contributed by atoms with Crippen molar-refractivity contribution < 1.29 is 9.53 Å². The second-order valence-electron chi connectivity index (χ2n) is 5.17. The third kappa shape index (κ3) is 5.41. The molecule has 0 aliphatic rings. The number of thiophene rings is 1. The molecule has 0 N–H and O–H groups in total. The first-order valence-corrected chi connectivity index (χ1v) is 8.00. The Labute approximate surface area is 141 Å². The number of carbonyl (C=O) groups excluding carboxylic acids is 1. The Kier molecular flexibility index (Phi) is 6.16. The molecule has 1 aromatic heterocycles. The van der Waals surface area contributed by atoms with Gasteiger partial charge in [0.1, 0.15) is 5.75 Å². The van der Waals surface area contributed by atoms with Gasteiger partial charge in [0, 0.05) is 0 Å². The van der Waals surface area contributed by atoms with Crippen LogP contribution in [0.3, 0.4) is 0 Å². The van der Waals surface area contributed by atoms with Crippen molar-refractivity contribution in [1.82, 2.24) is 4.90 Å². The summed E-state index contributed by atoms with van der Waals surface area (Å²) in [6.07, 6.45) is 3.39. The molecule has 0 atom stereocenters. The average Bonchev–Trinajstić information content (AvgIpc) is 3.01. The van der Waals surface area contributed by atoms with Gasteiger partial charge in [0.15, 0.2) is 5.78 Å². The molecule has 0 spiro atoms. The fourth-order valence-corrected chi connectivity index (χ4v) is 2.59. The fraction of sp³-hybridized carbons (Fsp3) is 0.211. The number of allylic oxidation sites excluding steroid dienone is 1. The maximum absolute atomic E-state index is 12.2. The zero-order chi connectivity index (χ0) is 16.7. The van der Waals surface area contributed by atoms with Crippen LogP contribution in [-0.4, -0.2) is 38.4 Å². The van der Waals surface area contributed by atoms with Gasteiger partial charge in [0.05, 0.1) is 23.4 Å². The van der Waals surface area contributed by atoms with E-state index < -0.39 is 0 Å². The van der Waals surface area contributed by atoms with Crippen LogP contribution in [0, 0.1) is 11.8 Å². The molecule has 0 saturated carbocycles. The van der Waals surface area contributed by atoms with E-state index in [4.69, 9.17) is 4.74 Å². The van der Waals surface area contributed by atoms with Gasteiger partial charge in [-0.3, -0.25) is 9.69 Å². The van der Waals surface area contributed by atoms with Crippen LogP contribution in [0.4, 0.5) is 0 Å². The predicted octanol–water partition coefficient (Wildman–Crippen LogP) is 3.57. The monoisotopic (exact) mass is 325 g/mol. The highest BCUT2D eigenvalue weighted by atomic mass is 32.1. The topological polar surface area (TPSA) is 29.5 Å². The van der Waals surface area contributed by atoms with Crippen LogP contribution >= 0.6 is 11.3 Å². The first-order chi connectivity index (χ1) is 11.1. The maximum Gasteiger partial charge on any atom is 0.195 e. The van der Waals surface area contributed by atoms with E-state index >= 15 is 0 Å². The molecule has 1 aromatic carbocycles. The number of hydrogen-bond donors (Lipinski definition) is 0. The summed E-state index contributed by atoms with van der Waals surface area (Å²) in [5, 5.41) is 0. The van der Waals surface area contributed by atoms with Gasteiger partial charge in [-0.15, -0.1) is 11.3 Å². The standard InChI is InChI=1S/C19H19NO2S/c1-20(2)14-4-5-17-11-13-19(23-17)18(21)12-8-15-6-9-16(22-3)10-7-15/h6-13H,14H2,1-3H3/b12-8+. The van der Waals surface area contributed by atoms with Crippen molar-refractivity contribution in [2.24, 2.45) is 0 Å². The molecule has 0 amide bonds. The van der Waals surface area contributed by atoms with E-state index in [9.17, 15) is 4.79 Å². The Balaban J connectivity index is 2.01. The van der Waals surface area contributed by atoms with Crippen LogP contribution in [-0.2, 0) is 0 Å². The van der Waals surface area contributed by atoms with Gasteiger partial charge in [-0.2, -0.15) is 0 Å². The van der Waals surface area contributed by atoms with E-state index in [1.165, 1.54) is 11.3 Å². The van der Waals surface area contributed by atoms with Crippen molar-refractivity contribution in [1.29, 1.82) is 0 Å². The van der Waals surface area contributed by atoms with Gasteiger partial charge in [0.25, 0.3) is 0 Å². The van der Waals surface area contributed by atoms with Crippen molar-refractivity contribution in [3.8, 4) is 17.6 Å². The molecule has 3 nitrogen and oxygen atoms in total. The number of nitrogens with zero attached hydrogens (tertiary/aromatic N) is 1.